The largest absolute Gasteiger partial charge is 0.352 e. The number of aryl methyl sites for hydroxylation is 2. The fraction of sp³-hybridized carbons (Fsp3) is 0.409. The summed E-state index contributed by atoms with van der Waals surface area (Å²) in [7, 11) is -3.81. The fourth-order valence-corrected chi connectivity index (χ4v) is 6.16. The van der Waals surface area contributed by atoms with Crippen molar-refractivity contribution in [2.45, 2.75) is 44.9 Å². The number of carbonyl (C=O) groups is 2. The zero-order valence-corrected chi connectivity index (χ0v) is 20.2. The van der Waals surface area contributed by atoms with E-state index in [0.717, 1.165) is 51.3 Å². The van der Waals surface area contributed by atoms with Crippen LogP contribution in [0.3, 0.4) is 0 Å². The van der Waals surface area contributed by atoms with Gasteiger partial charge in [-0.15, -0.1) is 11.3 Å². The van der Waals surface area contributed by atoms with Gasteiger partial charge in [-0.1, -0.05) is 6.92 Å². The zero-order chi connectivity index (χ0) is 23.8. The van der Waals surface area contributed by atoms with Crippen molar-refractivity contribution in [1.29, 1.82) is 0 Å². The number of amides is 2. The number of nitrogens with zero attached hydrogens (tertiary/aromatic N) is 3. The van der Waals surface area contributed by atoms with Gasteiger partial charge in [0, 0.05) is 17.4 Å². The van der Waals surface area contributed by atoms with Gasteiger partial charge in [0.25, 0.3) is 0 Å². The molecule has 0 radical (unpaired) electrons. The first-order valence-electron chi connectivity index (χ1n) is 10.7. The van der Waals surface area contributed by atoms with E-state index >= 15 is 0 Å². The Labute approximate surface area is 195 Å². The molecular weight excluding hydrogens is 462 g/mol. The predicted octanol–water partition coefficient (Wildman–Crippen LogP) is 2.24. The Morgan fingerprint density at radius 3 is 2.64 bits per heavy atom. The Morgan fingerprint density at radius 1 is 1.21 bits per heavy atom. The number of rotatable bonds is 8. The molecule has 2 aromatic heterocycles. The van der Waals surface area contributed by atoms with Crippen LogP contribution in [-0.4, -0.2) is 53.8 Å². The minimum Gasteiger partial charge on any atom is -0.352 e. The molecule has 1 aliphatic rings. The molecule has 0 saturated heterocycles. The molecule has 3 aromatic rings. The van der Waals surface area contributed by atoms with Gasteiger partial charge in [0.2, 0.25) is 11.8 Å². The molecule has 0 bridgehead atoms. The first-order chi connectivity index (χ1) is 15.7. The van der Waals surface area contributed by atoms with Gasteiger partial charge in [-0.3, -0.25) is 9.59 Å². The first-order valence-corrected chi connectivity index (χ1v) is 13.2. The molecule has 1 aromatic carbocycles. The van der Waals surface area contributed by atoms with Crippen molar-refractivity contribution >= 4 is 43.2 Å². The van der Waals surface area contributed by atoms with E-state index in [2.05, 4.69) is 25.8 Å². The Morgan fingerprint density at radius 2 is 1.97 bits per heavy atom. The number of hydrogen-bond acceptors (Lipinski definition) is 8. The average Bonchev–Trinajstić information content (AvgIpc) is 3.49. The van der Waals surface area contributed by atoms with Crippen molar-refractivity contribution in [3.8, 4) is 11.1 Å². The van der Waals surface area contributed by atoms with E-state index in [4.69, 9.17) is 0 Å². The van der Waals surface area contributed by atoms with E-state index in [1.165, 1.54) is 6.92 Å². The van der Waals surface area contributed by atoms with Gasteiger partial charge in [0.05, 0.1) is 28.7 Å². The highest BCUT2D eigenvalue weighted by molar-refractivity contribution is 7.92. The third kappa shape index (κ3) is 5.19. The summed E-state index contributed by atoms with van der Waals surface area (Å²) in [6, 6.07) is 5.88. The molecule has 2 N–H and O–H groups in total. The number of thiazole rings is 1. The van der Waals surface area contributed by atoms with Gasteiger partial charge in [0.1, 0.15) is 5.01 Å². The summed E-state index contributed by atoms with van der Waals surface area (Å²) in [6.07, 6.45) is 3.52. The lowest BCUT2D eigenvalue weighted by molar-refractivity contribution is -0.126. The van der Waals surface area contributed by atoms with E-state index in [-0.39, 0.29) is 29.3 Å². The topological polar surface area (TPSA) is 131 Å². The molecule has 1 atom stereocenters. The number of hydrogen-bond donors (Lipinski definition) is 2. The number of fused-ring (bicyclic) bond motifs is 1. The van der Waals surface area contributed by atoms with E-state index in [0.29, 0.717) is 5.52 Å². The molecule has 174 valence electrons. The van der Waals surface area contributed by atoms with Crippen molar-refractivity contribution in [3.05, 3.63) is 40.7 Å². The Kier molecular flexibility index (Phi) is 6.44. The zero-order valence-electron chi connectivity index (χ0n) is 18.6. The van der Waals surface area contributed by atoms with E-state index in [9.17, 15) is 18.0 Å². The molecule has 33 heavy (non-hydrogen) atoms. The molecule has 1 saturated carbocycles. The Balaban J connectivity index is 1.66. The summed E-state index contributed by atoms with van der Waals surface area (Å²) in [4.78, 5) is 29.4. The molecule has 11 heteroatoms. The summed E-state index contributed by atoms with van der Waals surface area (Å²) < 4.78 is 26.4. The van der Waals surface area contributed by atoms with Gasteiger partial charge in [-0.05, 0) is 56.0 Å². The second kappa shape index (κ2) is 9.14. The second-order valence-corrected chi connectivity index (χ2v) is 11.6. The van der Waals surface area contributed by atoms with Gasteiger partial charge >= 0.3 is 0 Å². The van der Waals surface area contributed by atoms with Crippen LogP contribution in [0.15, 0.2) is 24.4 Å². The van der Waals surface area contributed by atoms with E-state index < -0.39 is 21.0 Å². The Bertz CT molecular complexity index is 1330. The third-order valence-corrected chi connectivity index (χ3v) is 8.62. The average molecular weight is 488 g/mol. The lowest BCUT2D eigenvalue weighted by Gasteiger charge is -2.14. The lowest BCUT2D eigenvalue weighted by atomic mass is 10.0. The minimum absolute atomic E-state index is 0.158. The number of benzene rings is 1. The van der Waals surface area contributed by atoms with Crippen LogP contribution >= 0.6 is 11.3 Å². The summed E-state index contributed by atoms with van der Waals surface area (Å²) in [5, 5.41) is 12.0. The molecule has 0 aliphatic heterocycles. The van der Waals surface area contributed by atoms with Gasteiger partial charge in [-0.2, -0.15) is 10.2 Å². The monoisotopic (exact) mass is 487 g/mol. The molecule has 9 nitrogen and oxygen atoms in total. The van der Waals surface area contributed by atoms with Crippen molar-refractivity contribution in [1.82, 2.24) is 25.8 Å². The third-order valence-electron chi connectivity index (χ3n) is 5.43. The van der Waals surface area contributed by atoms with Crippen molar-refractivity contribution in [2.75, 3.05) is 12.3 Å². The molecule has 2 heterocycles. The van der Waals surface area contributed by atoms with Gasteiger partial charge in [-0.25, -0.2) is 13.4 Å². The van der Waals surface area contributed by atoms with Crippen LogP contribution in [0.5, 0.6) is 0 Å². The summed E-state index contributed by atoms with van der Waals surface area (Å²) in [6.45, 7) is 5.02. The summed E-state index contributed by atoms with van der Waals surface area (Å²) in [5.41, 5.74) is 4.18. The minimum atomic E-state index is -3.81. The molecule has 0 spiro atoms. The van der Waals surface area contributed by atoms with Gasteiger partial charge < -0.3 is 10.6 Å². The number of aromatic nitrogens is 3. The second-order valence-electron chi connectivity index (χ2n) is 8.16. The molecule has 2 amide bonds. The van der Waals surface area contributed by atoms with Crippen LogP contribution < -0.4 is 10.6 Å². The van der Waals surface area contributed by atoms with Crippen LogP contribution in [-0.2, 0) is 19.4 Å². The van der Waals surface area contributed by atoms with Gasteiger partial charge in [0.15, 0.2) is 15.1 Å². The van der Waals surface area contributed by atoms with Crippen molar-refractivity contribution in [3.63, 3.8) is 0 Å². The maximum absolute atomic E-state index is 12.9. The van der Waals surface area contributed by atoms with Crippen molar-refractivity contribution in [2.24, 2.45) is 0 Å². The maximum Gasteiger partial charge on any atom is 0.245 e. The molecule has 4 rings (SSSR count). The normalized spacial score (nSPS) is 14.8. The molecule has 1 unspecified atom stereocenters. The van der Waals surface area contributed by atoms with E-state index in [1.54, 1.807) is 6.20 Å². The number of sulfone groups is 1. The molecular formula is C22H25N5O4S2. The van der Waals surface area contributed by atoms with Crippen molar-refractivity contribution < 1.29 is 18.0 Å². The highest BCUT2D eigenvalue weighted by Crippen LogP contribution is 2.35. The first kappa shape index (κ1) is 23.2. The van der Waals surface area contributed by atoms with E-state index in [1.807, 2.05) is 32.0 Å². The maximum atomic E-state index is 12.9. The molecule has 1 aliphatic carbocycles. The highest BCUT2D eigenvalue weighted by atomic mass is 32.2. The Hall–Kier alpha value is -2.92. The fourth-order valence-electron chi connectivity index (χ4n) is 3.50. The van der Waals surface area contributed by atoms with Crippen LogP contribution in [0.1, 0.15) is 41.3 Å². The number of carbonyl (C=O) groups excluding carboxylic acids is 2. The lowest BCUT2D eigenvalue weighted by Crippen LogP contribution is -2.41. The number of nitrogens with one attached hydrogen (secondary N) is 2. The van der Waals surface area contributed by atoms with Crippen LogP contribution in [0, 0.1) is 13.8 Å². The quantitative estimate of drug-likeness (QED) is 0.498. The predicted molar refractivity (Wildman–Crippen MR) is 126 cm³/mol. The SMILES string of the molecule is CCS(=O)(=O)C(C(=O)NCC(=O)NC1CC1)c1nc2cc(C)c(-c3cnnc(C)c3)cc2s1. The standard InChI is InChI=1S/C22H25N5O4S2/c1-4-33(30,31)20(21(29)23-11-19(28)25-15-5-6-15)22-26-17-7-12(2)16(9-18(17)32-22)14-8-13(3)27-24-10-14/h7-10,15,20H,4-6,11H2,1-3H3,(H,23,29)(H,25,28). The van der Waals surface area contributed by atoms with Crippen LogP contribution in [0.2, 0.25) is 0 Å². The molecule has 1 fully saturated rings. The highest BCUT2D eigenvalue weighted by Gasteiger charge is 2.36. The summed E-state index contributed by atoms with van der Waals surface area (Å²) >= 11 is 1.16. The van der Waals surface area contributed by atoms with Crippen LogP contribution in [0.25, 0.3) is 21.3 Å². The smallest absolute Gasteiger partial charge is 0.245 e. The summed E-state index contributed by atoms with van der Waals surface area (Å²) in [5.74, 6) is -1.29. The van der Waals surface area contributed by atoms with Crippen LogP contribution in [0.4, 0.5) is 0 Å².